The first-order chi connectivity index (χ1) is 12.6. The van der Waals surface area contributed by atoms with E-state index in [9.17, 15) is 4.79 Å². The minimum absolute atomic E-state index is 0.371. The first-order valence-corrected chi connectivity index (χ1v) is 9.50. The van der Waals surface area contributed by atoms with Crippen molar-refractivity contribution in [3.8, 4) is 0 Å². The summed E-state index contributed by atoms with van der Waals surface area (Å²) in [6, 6.07) is 10.5. The fourth-order valence-corrected chi connectivity index (χ4v) is 4.43. The highest BCUT2D eigenvalue weighted by atomic mass is 16.2. The lowest BCUT2D eigenvalue weighted by molar-refractivity contribution is 0.254. The third kappa shape index (κ3) is 3.26. The number of aromatic nitrogens is 1. The van der Waals surface area contributed by atoms with Gasteiger partial charge < -0.3 is 11.1 Å². The van der Waals surface area contributed by atoms with Gasteiger partial charge in [0, 0.05) is 36.1 Å². The highest BCUT2D eigenvalue weighted by molar-refractivity contribution is 5.93. The number of urea groups is 1. The Bertz CT molecular complexity index is 819. The molecule has 1 aliphatic carbocycles. The fraction of sp³-hybridized carbons (Fsp3) is 0.429. The average molecular weight is 350 g/mol. The minimum Gasteiger partial charge on any atom is -0.382 e. The number of hydrogen-bond acceptors (Lipinski definition) is 3. The maximum absolute atomic E-state index is 11.6. The Labute approximate surface area is 154 Å². The molecule has 2 aliphatic rings. The molecule has 1 aliphatic heterocycles. The van der Waals surface area contributed by atoms with Crippen molar-refractivity contribution in [2.24, 2.45) is 5.73 Å². The number of nitrogens with one attached hydrogen (secondary N) is 1. The van der Waals surface area contributed by atoms with E-state index >= 15 is 0 Å². The molecule has 136 valence electrons. The Hall–Kier alpha value is -2.56. The van der Waals surface area contributed by atoms with Crippen molar-refractivity contribution in [2.45, 2.75) is 51.0 Å². The van der Waals surface area contributed by atoms with E-state index in [0.29, 0.717) is 18.5 Å². The van der Waals surface area contributed by atoms with Gasteiger partial charge >= 0.3 is 6.03 Å². The molecule has 1 aromatic heterocycles. The van der Waals surface area contributed by atoms with Crippen molar-refractivity contribution < 1.29 is 4.79 Å². The Morgan fingerprint density at radius 3 is 3.00 bits per heavy atom. The van der Waals surface area contributed by atoms with Crippen molar-refractivity contribution in [3.05, 3.63) is 53.3 Å². The number of pyridine rings is 1. The maximum Gasteiger partial charge on any atom is 0.319 e. The van der Waals surface area contributed by atoms with Crippen LogP contribution < -0.4 is 16.0 Å². The lowest BCUT2D eigenvalue weighted by Gasteiger charge is -2.31. The summed E-state index contributed by atoms with van der Waals surface area (Å²) in [5, 5.41) is 3.68. The van der Waals surface area contributed by atoms with Crippen LogP contribution in [0.25, 0.3) is 0 Å². The number of carbonyl (C=O) groups is 1. The number of benzene rings is 1. The van der Waals surface area contributed by atoms with E-state index in [0.717, 1.165) is 24.2 Å². The number of nitrogens with zero attached hydrogens (tertiary/aromatic N) is 2. The zero-order chi connectivity index (χ0) is 18.1. The number of rotatable bonds is 3. The van der Waals surface area contributed by atoms with Gasteiger partial charge in [0.15, 0.2) is 0 Å². The summed E-state index contributed by atoms with van der Waals surface area (Å²) < 4.78 is 0. The molecular weight excluding hydrogens is 324 g/mol. The second-order valence-electron chi connectivity index (χ2n) is 7.49. The number of nitrogens with two attached hydrogens (primary N) is 1. The predicted molar refractivity (Wildman–Crippen MR) is 105 cm³/mol. The lowest BCUT2D eigenvalue weighted by atomic mass is 9.82. The Morgan fingerprint density at radius 2 is 2.19 bits per heavy atom. The van der Waals surface area contributed by atoms with Crippen molar-refractivity contribution in [1.29, 1.82) is 0 Å². The van der Waals surface area contributed by atoms with Gasteiger partial charge in [-0.2, -0.15) is 0 Å². The third-order valence-electron chi connectivity index (χ3n) is 5.73. The smallest absolute Gasteiger partial charge is 0.319 e. The van der Waals surface area contributed by atoms with Gasteiger partial charge in [-0.05, 0) is 61.9 Å². The molecule has 1 aromatic carbocycles. The van der Waals surface area contributed by atoms with Gasteiger partial charge in [0.05, 0.1) is 5.69 Å². The number of primary amides is 1. The molecule has 2 aromatic rings. The van der Waals surface area contributed by atoms with Gasteiger partial charge in [-0.15, -0.1) is 0 Å². The van der Waals surface area contributed by atoms with E-state index in [1.807, 2.05) is 12.3 Å². The number of amides is 2. The van der Waals surface area contributed by atoms with Crippen LogP contribution in [-0.4, -0.2) is 23.6 Å². The van der Waals surface area contributed by atoms with Crippen LogP contribution in [0.1, 0.15) is 48.4 Å². The monoisotopic (exact) mass is 350 g/mol. The van der Waals surface area contributed by atoms with Gasteiger partial charge in [-0.3, -0.25) is 9.88 Å². The molecule has 5 nitrogen and oxygen atoms in total. The molecule has 0 unspecified atom stereocenters. The molecule has 2 atom stereocenters. The number of hydrogen-bond donors (Lipinski definition) is 2. The molecule has 0 bridgehead atoms. The van der Waals surface area contributed by atoms with Crippen molar-refractivity contribution in [2.75, 3.05) is 16.8 Å². The van der Waals surface area contributed by atoms with Gasteiger partial charge in [-0.1, -0.05) is 18.6 Å². The van der Waals surface area contributed by atoms with E-state index < -0.39 is 0 Å². The van der Waals surface area contributed by atoms with E-state index in [2.05, 4.69) is 41.5 Å². The topological polar surface area (TPSA) is 71.2 Å². The summed E-state index contributed by atoms with van der Waals surface area (Å²) in [5.41, 5.74) is 11.2. The second kappa shape index (κ2) is 6.98. The third-order valence-corrected chi connectivity index (χ3v) is 5.73. The summed E-state index contributed by atoms with van der Waals surface area (Å²) in [4.78, 5) is 17.9. The van der Waals surface area contributed by atoms with Crippen LogP contribution in [0.15, 0.2) is 36.5 Å². The summed E-state index contributed by atoms with van der Waals surface area (Å²) >= 11 is 0. The minimum atomic E-state index is -0.371. The number of fused-ring (bicyclic) bond motifs is 1. The molecule has 0 saturated heterocycles. The maximum atomic E-state index is 11.6. The normalized spacial score (nSPS) is 22.1. The molecule has 5 heteroatoms. The average Bonchev–Trinajstić information content (AvgIpc) is 3.06. The fourth-order valence-electron chi connectivity index (χ4n) is 4.43. The largest absolute Gasteiger partial charge is 0.382 e. The molecule has 4 rings (SSSR count). The molecule has 1 fully saturated rings. The van der Waals surface area contributed by atoms with Gasteiger partial charge in [-0.25, -0.2) is 4.79 Å². The molecule has 3 N–H and O–H groups in total. The second-order valence-corrected chi connectivity index (χ2v) is 7.49. The molecule has 0 spiro atoms. The highest BCUT2D eigenvalue weighted by Gasteiger charge is 2.26. The quantitative estimate of drug-likeness (QED) is 0.880. The number of anilines is 2. The molecule has 2 amide bonds. The highest BCUT2D eigenvalue weighted by Crippen LogP contribution is 2.36. The zero-order valence-electron chi connectivity index (χ0n) is 15.2. The molecule has 1 saturated carbocycles. The Morgan fingerprint density at radius 1 is 1.31 bits per heavy atom. The Balaban J connectivity index is 1.49. The van der Waals surface area contributed by atoms with E-state index in [4.69, 9.17) is 5.73 Å². The van der Waals surface area contributed by atoms with Crippen molar-refractivity contribution >= 4 is 17.4 Å². The van der Waals surface area contributed by atoms with Gasteiger partial charge in [0.25, 0.3) is 0 Å². The standard InChI is InChI=1S/C21H26N4O/c1-14-4-3-10-23-20(14)16-5-2-6-17(12-16)24-18-8-7-15-9-11-25(21(22)26)19(15)13-18/h3-4,7-8,10,13,16-17,24H,2,5-6,9,11-12H2,1H3,(H2,22,26)/t16-,17-/m1/s1. The number of carbonyl (C=O) groups excluding carboxylic acids is 1. The van der Waals surface area contributed by atoms with Crippen molar-refractivity contribution in [3.63, 3.8) is 0 Å². The summed E-state index contributed by atoms with van der Waals surface area (Å²) in [7, 11) is 0. The summed E-state index contributed by atoms with van der Waals surface area (Å²) in [5.74, 6) is 0.513. The van der Waals surface area contributed by atoms with E-state index in [1.165, 1.54) is 36.1 Å². The van der Waals surface area contributed by atoms with Crippen LogP contribution in [0.5, 0.6) is 0 Å². The predicted octanol–water partition coefficient (Wildman–Crippen LogP) is 3.97. The van der Waals surface area contributed by atoms with Gasteiger partial charge in [0.2, 0.25) is 0 Å². The molecular formula is C21H26N4O. The van der Waals surface area contributed by atoms with Crippen LogP contribution in [0, 0.1) is 6.92 Å². The molecule has 0 radical (unpaired) electrons. The van der Waals surface area contributed by atoms with Crippen LogP contribution in [0.2, 0.25) is 0 Å². The number of aryl methyl sites for hydroxylation is 1. The Kier molecular flexibility index (Phi) is 4.53. The zero-order valence-corrected chi connectivity index (χ0v) is 15.2. The van der Waals surface area contributed by atoms with Crippen LogP contribution in [-0.2, 0) is 6.42 Å². The van der Waals surface area contributed by atoms with Crippen LogP contribution >= 0.6 is 0 Å². The van der Waals surface area contributed by atoms with E-state index in [1.54, 1.807) is 4.90 Å². The first kappa shape index (κ1) is 16.9. The SMILES string of the molecule is Cc1cccnc1[C@@H]1CCC[C@@H](Nc2ccc3c(c2)N(C(N)=O)CC3)C1. The summed E-state index contributed by atoms with van der Waals surface area (Å²) in [6.45, 7) is 2.83. The first-order valence-electron chi connectivity index (χ1n) is 9.50. The molecule has 2 heterocycles. The molecule has 26 heavy (non-hydrogen) atoms. The van der Waals surface area contributed by atoms with Crippen LogP contribution in [0.3, 0.4) is 0 Å². The van der Waals surface area contributed by atoms with Crippen molar-refractivity contribution in [1.82, 2.24) is 4.98 Å². The van der Waals surface area contributed by atoms with Gasteiger partial charge in [0.1, 0.15) is 0 Å². The summed E-state index contributed by atoms with van der Waals surface area (Å²) in [6.07, 6.45) is 7.45. The van der Waals surface area contributed by atoms with Crippen LogP contribution in [0.4, 0.5) is 16.2 Å². The van der Waals surface area contributed by atoms with E-state index in [-0.39, 0.29) is 6.03 Å². The lowest BCUT2D eigenvalue weighted by Crippen LogP contribution is -2.34.